The molecule has 0 radical (unpaired) electrons. The average Bonchev–Trinajstić information content (AvgIpc) is 3.56. The summed E-state index contributed by atoms with van der Waals surface area (Å²) in [7, 11) is -3.94. The third kappa shape index (κ3) is 10.00. The summed E-state index contributed by atoms with van der Waals surface area (Å²) in [4.78, 5) is 0. The molecule has 4 aliphatic carbocycles. The predicted octanol–water partition coefficient (Wildman–Crippen LogP) is 14.7. The van der Waals surface area contributed by atoms with Gasteiger partial charge in [0.1, 0.15) is 0 Å². The van der Waals surface area contributed by atoms with Crippen LogP contribution < -0.4 is 0 Å². The van der Waals surface area contributed by atoms with E-state index in [2.05, 4.69) is 113 Å². The first-order valence-electron chi connectivity index (χ1n) is 23.0. The minimum Gasteiger partial charge on any atom is -0.413 e. The van der Waals surface area contributed by atoms with Crippen LogP contribution in [0.2, 0.25) is 36.3 Å². The first-order valence-corrected chi connectivity index (χ1v) is 28.8. The summed E-state index contributed by atoms with van der Waals surface area (Å²) >= 11 is 0. The Morgan fingerprint density at radius 3 is 2.13 bits per heavy atom. The van der Waals surface area contributed by atoms with Gasteiger partial charge in [0.25, 0.3) is 0 Å². The highest BCUT2D eigenvalue weighted by Crippen LogP contribution is 2.63. The van der Waals surface area contributed by atoms with Gasteiger partial charge in [-0.15, -0.1) is 0 Å². The number of ether oxygens (including phenoxy) is 2. The highest BCUT2D eigenvalue weighted by molar-refractivity contribution is 6.74. The molecule has 0 amide bonds. The molecular weight excluding hydrogens is 709 g/mol. The maximum atomic E-state index is 7.15. The molecule has 0 spiro atoms. The van der Waals surface area contributed by atoms with Crippen LogP contribution in [0.3, 0.4) is 0 Å². The molecular formula is C49H86O4Si2. The smallest absolute Gasteiger partial charge is 0.192 e. The molecule has 1 heterocycles. The maximum Gasteiger partial charge on any atom is 0.192 e. The Labute approximate surface area is 342 Å². The molecule has 0 bridgehead atoms. The van der Waals surface area contributed by atoms with Crippen molar-refractivity contribution >= 4 is 16.6 Å². The Morgan fingerprint density at radius 1 is 0.873 bits per heavy atom. The Kier molecular flexibility index (Phi) is 14.4. The molecule has 6 atom stereocenters. The molecule has 0 aromatic heterocycles. The number of hydrogen-bond acceptors (Lipinski definition) is 4. The van der Waals surface area contributed by atoms with Crippen LogP contribution in [0, 0.1) is 28.6 Å². The van der Waals surface area contributed by atoms with E-state index in [1.54, 1.807) is 5.57 Å². The molecule has 4 saturated carbocycles. The van der Waals surface area contributed by atoms with Crippen molar-refractivity contribution in [3.63, 3.8) is 0 Å². The Balaban J connectivity index is 1.29. The lowest BCUT2D eigenvalue weighted by Gasteiger charge is -2.45. The quantitative estimate of drug-likeness (QED) is 0.0886. The van der Waals surface area contributed by atoms with Crippen LogP contribution in [0.15, 0.2) is 47.6 Å². The second-order valence-corrected chi connectivity index (χ2v) is 31.8. The molecule has 0 unspecified atom stereocenters. The fraction of sp³-hybridized carbons (Fsp3) is 0.837. The van der Waals surface area contributed by atoms with Crippen molar-refractivity contribution in [3.05, 3.63) is 47.6 Å². The summed E-state index contributed by atoms with van der Waals surface area (Å²) in [6.07, 6.45) is 29.9. The molecule has 1 saturated heterocycles. The standard InChI is InChI=1S/C49H86O4Si2/c1-15-16-17-18-19-30-49(50-33-34-51-49)48(31-32-48)29-20-22-37(2)42-26-27-43-39(23-21-28-47(42,43)10)24-25-40-35-41(52-54(11,12)45(4,5)6)36-44(38(40)3)53-55(13,14)46(7,8)9/h20,22,24-25,37,41-44H,3,15-19,21,23,26-36H2,1-2,4-14H3/b22-20+,39-24+,40-25-/t37-,41-,42-,43+,44+,47-/m1/s1. The fourth-order valence-electron chi connectivity index (χ4n) is 10.6. The zero-order valence-corrected chi connectivity index (χ0v) is 40.3. The summed E-state index contributed by atoms with van der Waals surface area (Å²) in [5.74, 6) is 1.63. The van der Waals surface area contributed by atoms with Crippen LogP contribution in [0.5, 0.6) is 0 Å². The van der Waals surface area contributed by atoms with Crippen LogP contribution >= 0.6 is 0 Å². The van der Waals surface area contributed by atoms with E-state index in [1.807, 2.05) is 0 Å². The van der Waals surface area contributed by atoms with Crippen LogP contribution in [0.25, 0.3) is 0 Å². The van der Waals surface area contributed by atoms with Crippen molar-refractivity contribution in [3.8, 4) is 0 Å². The van der Waals surface area contributed by atoms with Gasteiger partial charge in [-0.05, 0) is 135 Å². The summed E-state index contributed by atoms with van der Waals surface area (Å²) in [6.45, 7) is 37.4. The highest BCUT2D eigenvalue weighted by atomic mass is 28.4. The fourth-order valence-corrected chi connectivity index (χ4v) is 13.2. The summed E-state index contributed by atoms with van der Waals surface area (Å²) in [5, 5.41) is 0.326. The largest absolute Gasteiger partial charge is 0.413 e. The predicted molar refractivity (Wildman–Crippen MR) is 239 cm³/mol. The molecule has 5 fully saturated rings. The van der Waals surface area contributed by atoms with Crippen molar-refractivity contribution < 1.29 is 18.3 Å². The summed E-state index contributed by atoms with van der Waals surface area (Å²) in [5.41, 5.74) is 4.76. The van der Waals surface area contributed by atoms with E-state index in [4.69, 9.17) is 24.9 Å². The minimum atomic E-state index is -1.99. The molecule has 5 rings (SSSR count). The van der Waals surface area contributed by atoms with E-state index >= 15 is 0 Å². The van der Waals surface area contributed by atoms with E-state index in [0.717, 1.165) is 44.8 Å². The van der Waals surface area contributed by atoms with Gasteiger partial charge in [-0.3, -0.25) is 0 Å². The van der Waals surface area contributed by atoms with Gasteiger partial charge in [-0.25, -0.2) is 0 Å². The van der Waals surface area contributed by atoms with Crippen molar-refractivity contribution in [2.45, 2.75) is 219 Å². The minimum absolute atomic E-state index is 0.0245. The third-order valence-electron chi connectivity index (χ3n) is 16.4. The topological polar surface area (TPSA) is 36.9 Å². The second kappa shape index (κ2) is 17.4. The molecule has 0 aromatic rings. The summed E-state index contributed by atoms with van der Waals surface area (Å²) in [6, 6.07) is 0. The number of unbranched alkanes of at least 4 members (excludes halogenated alkanes) is 4. The normalized spacial score (nSPS) is 32.1. The molecule has 4 nitrogen and oxygen atoms in total. The van der Waals surface area contributed by atoms with Gasteiger partial charge in [0.05, 0.1) is 25.4 Å². The first kappa shape index (κ1) is 45.3. The zero-order valence-electron chi connectivity index (χ0n) is 38.3. The lowest BCUT2D eigenvalue weighted by molar-refractivity contribution is -0.211. The zero-order chi connectivity index (χ0) is 40.5. The van der Waals surface area contributed by atoms with Gasteiger partial charge in [-0.1, -0.05) is 124 Å². The molecule has 0 aromatic carbocycles. The van der Waals surface area contributed by atoms with Crippen molar-refractivity contribution in [2.24, 2.45) is 28.6 Å². The highest BCUT2D eigenvalue weighted by Gasteiger charge is 2.62. The molecule has 55 heavy (non-hydrogen) atoms. The van der Waals surface area contributed by atoms with Gasteiger partial charge < -0.3 is 18.3 Å². The van der Waals surface area contributed by atoms with E-state index in [-0.39, 0.29) is 33.5 Å². The first-order chi connectivity index (χ1) is 25.6. The van der Waals surface area contributed by atoms with Gasteiger partial charge in [-0.2, -0.15) is 0 Å². The molecule has 0 N–H and O–H groups in total. The lowest BCUT2D eigenvalue weighted by Crippen LogP contribution is -2.49. The summed E-state index contributed by atoms with van der Waals surface area (Å²) < 4.78 is 27.3. The number of fused-ring (bicyclic) bond motifs is 1. The van der Waals surface area contributed by atoms with E-state index in [0.29, 0.717) is 17.3 Å². The van der Waals surface area contributed by atoms with Crippen molar-refractivity contribution in [1.82, 2.24) is 0 Å². The van der Waals surface area contributed by atoms with Crippen LogP contribution in [0.4, 0.5) is 0 Å². The third-order valence-corrected chi connectivity index (χ3v) is 25.4. The number of rotatable bonds is 16. The Bertz CT molecular complexity index is 1400. The van der Waals surface area contributed by atoms with Crippen molar-refractivity contribution in [1.29, 1.82) is 0 Å². The van der Waals surface area contributed by atoms with Crippen LogP contribution in [-0.4, -0.2) is 47.8 Å². The maximum absolute atomic E-state index is 7.15. The van der Waals surface area contributed by atoms with Gasteiger partial charge >= 0.3 is 0 Å². The SMILES string of the molecule is C=C1/C(=C\C=C2/CCC[C@]3(C)[C@@H]([C@H](C)/C=C/CC4(C5(CCCCCCC)OCCO5)CC4)CC[C@@H]23)C[C@@H](O[Si](C)(C)C(C)(C)C)C[C@@H]1O[Si](C)(C)C(C)(C)C. The van der Waals surface area contributed by atoms with E-state index in [9.17, 15) is 0 Å². The van der Waals surface area contributed by atoms with E-state index < -0.39 is 16.6 Å². The molecule has 1 aliphatic heterocycles. The Morgan fingerprint density at radius 2 is 1.51 bits per heavy atom. The van der Waals surface area contributed by atoms with Gasteiger partial charge in [0.2, 0.25) is 0 Å². The number of hydrogen-bond donors (Lipinski definition) is 0. The van der Waals surface area contributed by atoms with Gasteiger partial charge in [0.15, 0.2) is 22.4 Å². The van der Waals surface area contributed by atoms with Crippen molar-refractivity contribution in [2.75, 3.05) is 13.2 Å². The average molecular weight is 795 g/mol. The van der Waals surface area contributed by atoms with Gasteiger partial charge in [0, 0.05) is 18.3 Å². The molecule has 5 aliphatic rings. The van der Waals surface area contributed by atoms with E-state index in [1.165, 1.54) is 88.2 Å². The van der Waals surface area contributed by atoms with Crippen LogP contribution in [-0.2, 0) is 18.3 Å². The lowest BCUT2D eigenvalue weighted by atomic mass is 9.61. The monoisotopic (exact) mass is 795 g/mol. The molecule has 314 valence electrons. The second-order valence-electron chi connectivity index (χ2n) is 22.2. The van der Waals surface area contributed by atoms with Crippen LogP contribution in [0.1, 0.15) is 165 Å². The molecule has 6 heteroatoms. The number of allylic oxidation sites excluding steroid dienone is 5. The Hall–Kier alpha value is -0.766.